The Morgan fingerprint density at radius 1 is 1.04 bits per heavy atom. The minimum atomic E-state index is -0.0693. The summed E-state index contributed by atoms with van der Waals surface area (Å²) in [6, 6.07) is 16.3. The van der Waals surface area contributed by atoms with Gasteiger partial charge in [-0.3, -0.25) is 4.40 Å². The summed E-state index contributed by atoms with van der Waals surface area (Å²) in [5, 5.41) is 4.37. The van der Waals surface area contributed by atoms with Crippen LogP contribution in [0.2, 0.25) is 5.02 Å². The van der Waals surface area contributed by atoms with Gasteiger partial charge in [0.25, 0.3) is 0 Å². The highest BCUT2D eigenvalue weighted by molar-refractivity contribution is 7.23. The van der Waals surface area contributed by atoms with Gasteiger partial charge in [-0.1, -0.05) is 47.2 Å². The smallest absolute Gasteiger partial charge is 0.197 e. The van der Waals surface area contributed by atoms with Gasteiger partial charge in [0.05, 0.1) is 10.2 Å². The van der Waals surface area contributed by atoms with Crippen molar-refractivity contribution in [2.75, 3.05) is 5.32 Å². The molecule has 0 radical (unpaired) electrons. The highest BCUT2D eigenvalue weighted by Crippen LogP contribution is 2.37. The van der Waals surface area contributed by atoms with E-state index in [9.17, 15) is 0 Å². The largest absolute Gasteiger partial charge is 0.365 e. The lowest BCUT2D eigenvalue weighted by atomic mass is 10.1. The summed E-state index contributed by atoms with van der Waals surface area (Å²) in [7, 11) is 0. The number of rotatable bonds is 2. The summed E-state index contributed by atoms with van der Waals surface area (Å²) >= 11 is 7.75. The van der Waals surface area contributed by atoms with Gasteiger partial charge in [0.1, 0.15) is 11.5 Å². The van der Waals surface area contributed by atoms with E-state index < -0.39 is 0 Å². The SMILES string of the molecule is CC(C)(C)Nc1c(-c2ccc(Cl)cc2)nc2sc3ccccc3n12. The third kappa shape index (κ3) is 2.66. The van der Waals surface area contributed by atoms with Crippen LogP contribution in [0.4, 0.5) is 5.82 Å². The fraction of sp³-hybridized carbons (Fsp3) is 0.211. The molecule has 0 spiro atoms. The standard InChI is InChI=1S/C19H18ClN3S/c1-19(2,3)22-17-16(12-8-10-13(20)11-9-12)21-18-23(17)14-6-4-5-7-15(14)24-18/h4-11,22H,1-3H3. The van der Waals surface area contributed by atoms with Gasteiger partial charge in [0.2, 0.25) is 0 Å². The predicted molar refractivity (Wildman–Crippen MR) is 104 cm³/mol. The Kier molecular flexibility index (Phi) is 3.55. The number of aromatic nitrogens is 2. The molecule has 2 aromatic heterocycles. The number of hydrogen-bond donors (Lipinski definition) is 1. The Bertz CT molecular complexity index is 1020. The monoisotopic (exact) mass is 355 g/mol. The minimum absolute atomic E-state index is 0.0693. The molecule has 3 nitrogen and oxygen atoms in total. The summed E-state index contributed by atoms with van der Waals surface area (Å²) in [5.74, 6) is 1.03. The van der Waals surface area contributed by atoms with Crippen LogP contribution in [0.15, 0.2) is 48.5 Å². The molecule has 0 saturated carbocycles. The van der Waals surface area contributed by atoms with Gasteiger partial charge < -0.3 is 5.32 Å². The Hall–Kier alpha value is -2.04. The van der Waals surface area contributed by atoms with E-state index in [-0.39, 0.29) is 5.54 Å². The molecule has 0 unspecified atom stereocenters. The van der Waals surface area contributed by atoms with Gasteiger partial charge in [-0.05, 0) is 45.0 Å². The van der Waals surface area contributed by atoms with Gasteiger partial charge in [0.15, 0.2) is 4.96 Å². The number of imidazole rings is 1. The third-order valence-electron chi connectivity index (χ3n) is 3.77. The average molecular weight is 356 g/mol. The number of fused-ring (bicyclic) bond motifs is 3. The summed E-state index contributed by atoms with van der Waals surface area (Å²) < 4.78 is 3.45. The van der Waals surface area contributed by atoms with Crippen molar-refractivity contribution >= 4 is 43.9 Å². The molecule has 0 saturated heterocycles. The molecular weight excluding hydrogens is 338 g/mol. The summed E-state index contributed by atoms with van der Waals surface area (Å²) in [5.41, 5.74) is 3.13. The Morgan fingerprint density at radius 3 is 2.46 bits per heavy atom. The number of hydrogen-bond acceptors (Lipinski definition) is 3. The first-order valence-electron chi connectivity index (χ1n) is 7.86. The second-order valence-electron chi connectivity index (χ2n) is 6.88. The van der Waals surface area contributed by atoms with Crippen LogP contribution in [0, 0.1) is 0 Å². The summed E-state index contributed by atoms with van der Waals surface area (Å²) in [6.45, 7) is 6.48. The van der Waals surface area contributed by atoms with Crippen LogP contribution in [0.5, 0.6) is 0 Å². The molecule has 2 aromatic carbocycles. The van der Waals surface area contributed by atoms with E-state index in [1.54, 1.807) is 11.3 Å². The molecule has 0 aliphatic heterocycles. The molecule has 0 amide bonds. The van der Waals surface area contributed by atoms with Crippen molar-refractivity contribution in [1.82, 2.24) is 9.38 Å². The van der Waals surface area contributed by atoms with Crippen LogP contribution in [-0.4, -0.2) is 14.9 Å². The number of halogens is 1. The first-order chi connectivity index (χ1) is 11.4. The van der Waals surface area contributed by atoms with Crippen molar-refractivity contribution < 1.29 is 0 Å². The first-order valence-corrected chi connectivity index (χ1v) is 9.06. The number of benzene rings is 2. The topological polar surface area (TPSA) is 29.3 Å². The maximum Gasteiger partial charge on any atom is 0.197 e. The van der Waals surface area contributed by atoms with E-state index in [0.29, 0.717) is 0 Å². The number of thiazole rings is 1. The Balaban J connectivity index is 2.02. The van der Waals surface area contributed by atoms with Crippen molar-refractivity contribution in [1.29, 1.82) is 0 Å². The molecule has 0 aliphatic rings. The molecular formula is C19H18ClN3S. The fourth-order valence-electron chi connectivity index (χ4n) is 2.80. The average Bonchev–Trinajstić information content (AvgIpc) is 3.04. The van der Waals surface area contributed by atoms with Crippen LogP contribution < -0.4 is 5.32 Å². The predicted octanol–water partition coefficient (Wildman–Crippen LogP) is 6.08. The zero-order valence-corrected chi connectivity index (χ0v) is 15.4. The normalized spacial score (nSPS) is 12.2. The maximum absolute atomic E-state index is 6.04. The molecule has 2 heterocycles. The van der Waals surface area contributed by atoms with Gasteiger partial charge in [-0.2, -0.15) is 0 Å². The second-order valence-corrected chi connectivity index (χ2v) is 8.32. The van der Waals surface area contributed by atoms with Crippen LogP contribution in [0.1, 0.15) is 20.8 Å². The van der Waals surface area contributed by atoms with Gasteiger partial charge in [-0.25, -0.2) is 4.98 Å². The van der Waals surface area contributed by atoms with E-state index >= 15 is 0 Å². The fourth-order valence-corrected chi connectivity index (χ4v) is 3.95. The first kappa shape index (κ1) is 15.5. The molecule has 1 N–H and O–H groups in total. The van der Waals surface area contributed by atoms with Crippen molar-refractivity contribution in [2.24, 2.45) is 0 Å². The minimum Gasteiger partial charge on any atom is -0.365 e. The molecule has 0 bridgehead atoms. The van der Waals surface area contributed by atoms with Gasteiger partial charge in [-0.15, -0.1) is 0 Å². The highest BCUT2D eigenvalue weighted by atomic mass is 35.5. The lowest BCUT2D eigenvalue weighted by Crippen LogP contribution is -2.27. The van der Waals surface area contributed by atoms with Crippen LogP contribution in [0.25, 0.3) is 26.4 Å². The zero-order chi connectivity index (χ0) is 16.9. The number of nitrogens with one attached hydrogen (secondary N) is 1. The van der Waals surface area contributed by atoms with Crippen molar-refractivity contribution in [2.45, 2.75) is 26.3 Å². The summed E-state index contributed by atoms with van der Waals surface area (Å²) in [6.07, 6.45) is 0. The molecule has 4 aromatic rings. The number of anilines is 1. The molecule has 4 rings (SSSR count). The van der Waals surface area contributed by atoms with Crippen LogP contribution in [0.3, 0.4) is 0 Å². The van der Waals surface area contributed by atoms with E-state index in [1.807, 2.05) is 24.3 Å². The number of para-hydroxylation sites is 1. The molecule has 0 atom stereocenters. The van der Waals surface area contributed by atoms with Gasteiger partial charge in [0, 0.05) is 16.1 Å². The summed E-state index contributed by atoms with van der Waals surface area (Å²) in [4.78, 5) is 5.90. The van der Waals surface area contributed by atoms with Crippen molar-refractivity contribution in [3.63, 3.8) is 0 Å². The maximum atomic E-state index is 6.04. The molecule has 122 valence electrons. The third-order valence-corrected chi connectivity index (χ3v) is 5.04. The Morgan fingerprint density at radius 2 is 1.75 bits per heavy atom. The molecule has 0 fully saturated rings. The lowest BCUT2D eigenvalue weighted by Gasteiger charge is -2.22. The quantitative estimate of drug-likeness (QED) is 0.472. The van der Waals surface area contributed by atoms with Crippen LogP contribution in [-0.2, 0) is 0 Å². The zero-order valence-electron chi connectivity index (χ0n) is 13.8. The molecule has 5 heteroatoms. The van der Waals surface area contributed by atoms with E-state index in [2.05, 4.69) is 54.8 Å². The van der Waals surface area contributed by atoms with E-state index in [1.165, 1.54) is 10.2 Å². The highest BCUT2D eigenvalue weighted by Gasteiger charge is 2.21. The molecule has 24 heavy (non-hydrogen) atoms. The van der Waals surface area contributed by atoms with Crippen molar-refractivity contribution in [3.05, 3.63) is 53.6 Å². The molecule has 0 aliphatic carbocycles. The van der Waals surface area contributed by atoms with Gasteiger partial charge >= 0.3 is 0 Å². The number of nitrogens with zero attached hydrogens (tertiary/aromatic N) is 2. The Labute approximate surface area is 149 Å². The van der Waals surface area contributed by atoms with E-state index in [4.69, 9.17) is 16.6 Å². The second kappa shape index (κ2) is 5.50. The van der Waals surface area contributed by atoms with Crippen LogP contribution >= 0.6 is 22.9 Å². The lowest BCUT2D eigenvalue weighted by molar-refractivity contribution is 0.630. The van der Waals surface area contributed by atoms with Crippen molar-refractivity contribution in [3.8, 4) is 11.3 Å². The van der Waals surface area contributed by atoms with E-state index in [0.717, 1.165) is 27.1 Å².